The predicted molar refractivity (Wildman–Crippen MR) is 142 cm³/mol. The summed E-state index contributed by atoms with van der Waals surface area (Å²) in [7, 11) is 0. The van der Waals surface area contributed by atoms with E-state index in [9.17, 15) is 13.2 Å². The molecule has 0 atom stereocenters. The predicted octanol–water partition coefficient (Wildman–Crippen LogP) is 5.87. The number of anilines is 1. The average molecular weight is 538 g/mol. The maximum absolute atomic E-state index is 12.4. The second-order valence-corrected chi connectivity index (χ2v) is 9.36. The quantitative estimate of drug-likeness (QED) is 0.226. The molecule has 3 heterocycles. The zero-order chi connectivity index (χ0) is 26.5. The van der Waals surface area contributed by atoms with Crippen molar-refractivity contribution in [1.82, 2.24) is 19.7 Å². The lowest BCUT2D eigenvalue weighted by Gasteiger charge is -2.28. The van der Waals surface area contributed by atoms with Crippen molar-refractivity contribution >= 4 is 29.0 Å². The minimum atomic E-state index is -4.74. The van der Waals surface area contributed by atoms with Crippen LogP contribution in [0.3, 0.4) is 0 Å². The van der Waals surface area contributed by atoms with Crippen molar-refractivity contribution in [2.45, 2.75) is 19.7 Å². The number of aromatic nitrogens is 4. The van der Waals surface area contributed by atoms with Crippen molar-refractivity contribution < 1.29 is 17.9 Å². The molecule has 0 unspecified atom stereocenters. The Morgan fingerprint density at radius 2 is 1.82 bits per heavy atom. The molecule has 0 aliphatic carbocycles. The molecule has 1 aliphatic heterocycles. The van der Waals surface area contributed by atoms with Crippen LogP contribution >= 0.6 is 11.8 Å². The Balaban J connectivity index is 1.26. The van der Waals surface area contributed by atoms with Crippen LogP contribution in [0, 0.1) is 6.92 Å². The van der Waals surface area contributed by atoms with Gasteiger partial charge in [0.15, 0.2) is 11.0 Å². The van der Waals surface area contributed by atoms with Crippen LogP contribution in [0.4, 0.5) is 19.0 Å². The minimum absolute atomic E-state index is 0.300. The Morgan fingerprint density at radius 3 is 2.55 bits per heavy atom. The normalized spacial score (nSPS) is 15.4. The molecule has 0 amide bonds. The molecule has 2 aromatic heterocycles. The highest BCUT2D eigenvalue weighted by molar-refractivity contribution is 8.14. The van der Waals surface area contributed by atoms with E-state index in [2.05, 4.69) is 34.9 Å². The Kier molecular flexibility index (Phi) is 7.40. The van der Waals surface area contributed by atoms with Gasteiger partial charge in [-0.3, -0.25) is 0 Å². The van der Waals surface area contributed by atoms with E-state index in [-0.39, 0.29) is 5.75 Å². The van der Waals surface area contributed by atoms with Gasteiger partial charge in [-0.2, -0.15) is 5.10 Å². The molecule has 0 saturated carbocycles. The third-order valence-corrected chi connectivity index (χ3v) is 6.62. The van der Waals surface area contributed by atoms with E-state index in [1.54, 1.807) is 24.2 Å². The fraction of sp³-hybridized carbons (Fsp3) is 0.192. The molecule has 38 heavy (non-hydrogen) atoms. The smallest absolute Gasteiger partial charge is 0.406 e. The molecule has 5 rings (SSSR count). The van der Waals surface area contributed by atoms with Crippen LogP contribution in [0.5, 0.6) is 5.75 Å². The van der Waals surface area contributed by atoms with E-state index in [1.807, 2.05) is 43.3 Å². The van der Waals surface area contributed by atoms with Gasteiger partial charge < -0.3 is 9.64 Å². The van der Waals surface area contributed by atoms with Crippen molar-refractivity contribution in [2.75, 3.05) is 17.2 Å². The Labute approximate surface area is 220 Å². The molecule has 0 radical (unpaired) electrons. The summed E-state index contributed by atoms with van der Waals surface area (Å²) in [5.74, 6) is 2.06. The maximum Gasteiger partial charge on any atom is 0.573 e. The third-order valence-electron chi connectivity index (χ3n) is 5.57. The number of pyridine rings is 1. The van der Waals surface area contributed by atoms with Crippen molar-refractivity contribution in [3.63, 3.8) is 0 Å². The first-order valence-corrected chi connectivity index (χ1v) is 12.7. The van der Waals surface area contributed by atoms with Gasteiger partial charge in [0.25, 0.3) is 0 Å². The number of amidine groups is 1. The molecule has 0 spiro atoms. The van der Waals surface area contributed by atoms with Crippen LogP contribution in [0.1, 0.15) is 17.5 Å². The summed E-state index contributed by atoms with van der Waals surface area (Å²) in [6.45, 7) is 2.88. The standard InChI is InChI=1S/C26H22F3N7OS/c1-18-4-2-13-30-24(18)35-14-3-15-38-25(35)33-32-16-19-5-7-20(8-6-19)23-31-17-36(34-23)21-9-11-22(12-10-21)37-26(27,28)29/h2,4-13,16-17H,3,14-15H2,1H3/b32-16+,33-25-. The summed E-state index contributed by atoms with van der Waals surface area (Å²) in [6, 6.07) is 16.9. The van der Waals surface area contributed by atoms with Gasteiger partial charge in [-0.05, 0) is 54.8 Å². The molecule has 0 bridgehead atoms. The number of hydrogen-bond acceptors (Lipinski definition) is 7. The average Bonchev–Trinajstić information content (AvgIpc) is 3.40. The fourth-order valence-corrected chi connectivity index (χ4v) is 4.68. The van der Waals surface area contributed by atoms with Crippen LogP contribution in [-0.4, -0.2) is 49.8 Å². The highest BCUT2D eigenvalue weighted by atomic mass is 32.2. The van der Waals surface area contributed by atoms with E-state index in [1.165, 1.54) is 35.3 Å². The van der Waals surface area contributed by atoms with Crippen LogP contribution < -0.4 is 9.64 Å². The molecule has 194 valence electrons. The van der Waals surface area contributed by atoms with Crippen molar-refractivity contribution in [1.29, 1.82) is 0 Å². The Bertz CT molecular complexity index is 1450. The SMILES string of the molecule is Cc1cccnc1N1CCCS/C1=N\N=C\c1ccc(-c2ncn(-c3ccc(OC(F)(F)F)cc3)n2)cc1. The molecule has 12 heteroatoms. The summed E-state index contributed by atoms with van der Waals surface area (Å²) >= 11 is 1.66. The number of nitrogens with zero attached hydrogens (tertiary/aromatic N) is 7. The van der Waals surface area contributed by atoms with Crippen LogP contribution in [-0.2, 0) is 0 Å². The highest BCUT2D eigenvalue weighted by Crippen LogP contribution is 2.26. The molecule has 2 aromatic carbocycles. The lowest BCUT2D eigenvalue weighted by Crippen LogP contribution is -2.35. The van der Waals surface area contributed by atoms with Gasteiger partial charge >= 0.3 is 6.36 Å². The van der Waals surface area contributed by atoms with Gasteiger partial charge in [-0.25, -0.2) is 14.6 Å². The van der Waals surface area contributed by atoms with Gasteiger partial charge in [0.2, 0.25) is 0 Å². The number of hydrogen-bond donors (Lipinski definition) is 0. The molecule has 8 nitrogen and oxygen atoms in total. The number of halogens is 3. The van der Waals surface area contributed by atoms with Crippen LogP contribution in [0.2, 0.25) is 0 Å². The zero-order valence-corrected chi connectivity index (χ0v) is 21.0. The first-order valence-electron chi connectivity index (χ1n) is 11.7. The topological polar surface area (TPSA) is 80.8 Å². The summed E-state index contributed by atoms with van der Waals surface area (Å²) in [4.78, 5) is 10.9. The summed E-state index contributed by atoms with van der Waals surface area (Å²) in [5.41, 5.74) is 3.28. The van der Waals surface area contributed by atoms with Gasteiger partial charge in [-0.15, -0.1) is 23.4 Å². The number of rotatable bonds is 6. The number of aryl methyl sites for hydroxylation is 1. The summed E-state index contributed by atoms with van der Waals surface area (Å²) in [6.07, 6.45) is 1.28. The largest absolute Gasteiger partial charge is 0.573 e. The lowest BCUT2D eigenvalue weighted by molar-refractivity contribution is -0.274. The van der Waals surface area contributed by atoms with E-state index in [0.717, 1.165) is 46.4 Å². The lowest BCUT2D eigenvalue weighted by atomic mass is 10.1. The van der Waals surface area contributed by atoms with Gasteiger partial charge in [0.05, 0.1) is 11.9 Å². The zero-order valence-electron chi connectivity index (χ0n) is 20.2. The minimum Gasteiger partial charge on any atom is -0.406 e. The molecule has 1 saturated heterocycles. The van der Waals surface area contributed by atoms with E-state index in [0.29, 0.717) is 11.5 Å². The molecular weight excluding hydrogens is 515 g/mol. The monoisotopic (exact) mass is 537 g/mol. The van der Waals surface area contributed by atoms with E-state index in [4.69, 9.17) is 0 Å². The van der Waals surface area contributed by atoms with Gasteiger partial charge in [-0.1, -0.05) is 42.1 Å². The highest BCUT2D eigenvalue weighted by Gasteiger charge is 2.31. The van der Waals surface area contributed by atoms with Gasteiger partial charge in [0.1, 0.15) is 17.9 Å². The van der Waals surface area contributed by atoms with Crippen molar-refractivity contribution in [3.8, 4) is 22.8 Å². The Morgan fingerprint density at radius 1 is 1.03 bits per heavy atom. The van der Waals surface area contributed by atoms with Crippen LogP contribution in [0.25, 0.3) is 17.1 Å². The molecule has 0 N–H and O–H groups in total. The number of ether oxygens (including phenoxy) is 1. The first-order chi connectivity index (χ1) is 18.4. The molecule has 1 fully saturated rings. The van der Waals surface area contributed by atoms with Gasteiger partial charge in [0, 0.05) is 24.1 Å². The number of alkyl halides is 3. The second-order valence-electron chi connectivity index (χ2n) is 8.30. The first kappa shape index (κ1) is 25.5. The van der Waals surface area contributed by atoms with E-state index >= 15 is 0 Å². The summed E-state index contributed by atoms with van der Waals surface area (Å²) in [5, 5.41) is 14.0. The second kappa shape index (κ2) is 11.1. The fourth-order valence-electron chi connectivity index (χ4n) is 3.78. The molecule has 4 aromatic rings. The third kappa shape index (κ3) is 6.20. The number of thioether (sulfide) groups is 1. The van der Waals surface area contributed by atoms with Crippen molar-refractivity contribution in [3.05, 3.63) is 84.3 Å². The summed E-state index contributed by atoms with van der Waals surface area (Å²) < 4.78 is 42.5. The maximum atomic E-state index is 12.4. The van der Waals surface area contributed by atoms with E-state index < -0.39 is 6.36 Å². The van der Waals surface area contributed by atoms with Crippen molar-refractivity contribution in [2.24, 2.45) is 10.2 Å². The number of benzene rings is 2. The Hall–Kier alpha value is -4.19. The van der Waals surface area contributed by atoms with Crippen LogP contribution in [0.15, 0.2) is 83.4 Å². The molecule has 1 aliphatic rings. The molecular formula is C26H22F3N7OS.